The second kappa shape index (κ2) is 3.22. The van der Waals surface area contributed by atoms with Crippen molar-refractivity contribution in [1.29, 1.82) is 0 Å². The lowest BCUT2D eigenvalue weighted by atomic mass is 10.7. The molecule has 0 nitrogen and oxygen atoms in total. The van der Waals surface area contributed by atoms with Gasteiger partial charge in [-0.3, -0.25) is 0 Å². The van der Waals surface area contributed by atoms with Crippen molar-refractivity contribution in [2.75, 3.05) is 5.88 Å². The van der Waals surface area contributed by atoms with Crippen LogP contribution in [0.1, 0.15) is 0 Å². The van der Waals surface area contributed by atoms with Crippen molar-refractivity contribution in [3.05, 3.63) is 11.1 Å². The van der Waals surface area contributed by atoms with Gasteiger partial charge in [-0.15, -0.1) is 11.6 Å². The van der Waals surface area contributed by atoms with Crippen LogP contribution in [-0.4, -0.2) is 5.88 Å². The Morgan fingerprint density at radius 2 is 1.86 bits per heavy atom. The summed E-state index contributed by atoms with van der Waals surface area (Å²) >= 11 is 9.27. The topological polar surface area (TPSA) is 0 Å². The first kappa shape index (κ1) is 7.18. The molecule has 0 saturated carbocycles. The largest absolute Gasteiger partial charge is 0.221 e. The third kappa shape index (κ3) is 2.83. The highest BCUT2D eigenvalue weighted by Crippen LogP contribution is 2.12. The summed E-state index contributed by atoms with van der Waals surface area (Å²) < 4.78 is 22.8. The number of alkyl halides is 1. The van der Waals surface area contributed by atoms with Crippen molar-refractivity contribution in [2.24, 2.45) is 0 Å². The second-order valence-corrected chi connectivity index (χ2v) is 1.40. The molecule has 42 valence electrons. The van der Waals surface area contributed by atoms with Crippen LogP contribution in [0.5, 0.6) is 0 Å². The lowest BCUT2D eigenvalue weighted by Gasteiger charge is -1.81. The van der Waals surface area contributed by atoms with Gasteiger partial charge in [0.15, 0.2) is 5.83 Å². The highest BCUT2D eigenvalue weighted by molar-refractivity contribution is 6.29. The van der Waals surface area contributed by atoms with Gasteiger partial charge >= 0.3 is 0 Å². The summed E-state index contributed by atoms with van der Waals surface area (Å²) in [6, 6.07) is 0. The van der Waals surface area contributed by atoms with Gasteiger partial charge in [0.1, 0.15) is 0 Å². The van der Waals surface area contributed by atoms with E-state index >= 15 is 0 Å². The zero-order valence-corrected chi connectivity index (χ0v) is 4.73. The minimum Gasteiger partial charge on any atom is -0.206 e. The minimum atomic E-state index is -1.37. The van der Waals surface area contributed by atoms with Gasteiger partial charge in [-0.1, -0.05) is 0 Å². The van der Waals surface area contributed by atoms with Crippen molar-refractivity contribution < 1.29 is 8.78 Å². The van der Waals surface area contributed by atoms with E-state index in [1.54, 1.807) is 0 Å². The monoisotopic (exact) mass is 146 g/mol. The van der Waals surface area contributed by atoms with Gasteiger partial charge in [0.05, 0.1) is 5.88 Å². The van der Waals surface area contributed by atoms with Crippen LogP contribution in [0.15, 0.2) is 11.1 Å². The van der Waals surface area contributed by atoms with Gasteiger partial charge in [-0.25, -0.2) is 4.39 Å². The van der Waals surface area contributed by atoms with Gasteiger partial charge in [0.2, 0.25) is 5.29 Å². The molecule has 0 aromatic carbocycles. The SMILES string of the molecule is F/C(Cl)=C(\F)CCl. The van der Waals surface area contributed by atoms with E-state index in [4.69, 9.17) is 11.6 Å². The van der Waals surface area contributed by atoms with Crippen LogP contribution in [0.4, 0.5) is 8.78 Å². The maximum atomic E-state index is 11.5. The highest BCUT2D eigenvalue weighted by Gasteiger charge is 1.97. The van der Waals surface area contributed by atoms with E-state index < -0.39 is 17.0 Å². The van der Waals surface area contributed by atoms with E-state index in [0.717, 1.165) is 0 Å². The molecule has 0 aliphatic carbocycles. The van der Waals surface area contributed by atoms with Gasteiger partial charge in [-0.05, 0) is 11.6 Å². The summed E-state index contributed by atoms with van der Waals surface area (Å²) in [5, 5.41) is -1.37. The molecule has 0 unspecified atom stereocenters. The lowest BCUT2D eigenvalue weighted by Crippen LogP contribution is -1.72. The predicted octanol–water partition coefficient (Wildman–Crippen LogP) is 2.57. The summed E-state index contributed by atoms with van der Waals surface area (Å²) in [7, 11) is 0. The molecule has 0 rings (SSSR count). The fraction of sp³-hybridized carbons (Fsp3) is 0.333. The average molecular weight is 147 g/mol. The number of hydrogen-bond donors (Lipinski definition) is 0. The van der Waals surface area contributed by atoms with Crippen LogP contribution in [0.2, 0.25) is 0 Å². The summed E-state index contributed by atoms with van der Waals surface area (Å²) in [5.41, 5.74) is 0. The van der Waals surface area contributed by atoms with Gasteiger partial charge in [-0.2, -0.15) is 4.39 Å². The van der Waals surface area contributed by atoms with Gasteiger partial charge in [0.25, 0.3) is 0 Å². The summed E-state index contributed by atoms with van der Waals surface area (Å²) in [6.45, 7) is 0. The molecule has 0 amide bonds. The molecule has 0 fully saturated rings. The number of rotatable bonds is 1. The van der Waals surface area contributed by atoms with Crippen molar-refractivity contribution in [2.45, 2.75) is 0 Å². The molecule has 0 aromatic heterocycles. The maximum Gasteiger partial charge on any atom is 0.221 e. The average Bonchev–Trinajstić information content (AvgIpc) is 1.65. The molecule has 0 bridgehead atoms. The quantitative estimate of drug-likeness (QED) is 0.500. The van der Waals surface area contributed by atoms with Crippen LogP contribution in [0, 0.1) is 0 Å². The first-order valence-corrected chi connectivity index (χ1v) is 2.35. The lowest BCUT2D eigenvalue weighted by molar-refractivity contribution is 0.573. The van der Waals surface area contributed by atoms with E-state index in [-0.39, 0.29) is 0 Å². The Labute approximate surface area is 49.7 Å². The molecule has 0 radical (unpaired) electrons. The molecule has 0 aliphatic rings. The van der Waals surface area contributed by atoms with Crippen molar-refractivity contribution in [1.82, 2.24) is 0 Å². The third-order valence-corrected chi connectivity index (χ3v) is 0.762. The standard InChI is InChI=1S/C3H2Cl2F2/c4-1-2(6)3(5)7/h1H2/b3-2-. The smallest absolute Gasteiger partial charge is 0.206 e. The number of halogens is 4. The van der Waals surface area contributed by atoms with Crippen molar-refractivity contribution in [3.8, 4) is 0 Å². The van der Waals surface area contributed by atoms with Crippen LogP contribution in [0.25, 0.3) is 0 Å². The molecular weight excluding hydrogens is 145 g/mol. The van der Waals surface area contributed by atoms with Crippen LogP contribution < -0.4 is 0 Å². The van der Waals surface area contributed by atoms with Crippen LogP contribution in [0.3, 0.4) is 0 Å². The Morgan fingerprint density at radius 1 is 1.43 bits per heavy atom. The van der Waals surface area contributed by atoms with E-state index in [1.165, 1.54) is 0 Å². The van der Waals surface area contributed by atoms with Crippen LogP contribution >= 0.6 is 23.2 Å². The third-order valence-electron chi connectivity index (χ3n) is 0.322. The van der Waals surface area contributed by atoms with Gasteiger partial charge in [0, 0.05) is 0 Å². The zero-order valence-electron chi connectivity index (χ0n) is 3.22. The minimum absolute atomic E-state index is 0.505. The Balaban J connectivity index is 3.72. The molecule has 0 saturated heterocycles. The Kier molecular flexibility index (Phi) is 3.30. The molecule has 0 aliphatic heterocycles. The van der Waals surface area contributed by atoms with E-state index in [2.05, 4.69) is 11.6 Å². The van der Waals surface area contributed by atoms with E-state index in [0.29, 0.717) is 0 Å². The molecule has 0 aromatic rings. The molecule has 4 heteroatoms. The number of allylic oxidation sites excluding steroid dienone is 1. The molecule has 0 spiro atoms. The van der Waals surface area contributed by atoms with Crippen LogP contribution in [-0.2, 0) is 0 Å². The first-order valence-electron chi connectivity index (χ1n) is 1.44. The molecule has 7 heavy (non-hydrogen) atoms. The normalized spacial score (nSPS) is 13.7. The summed E-state index contributed by atoms with van der Waals surface area (Å²) in [4.78, 5) is 0. The zero-order chi connectivity index (χ0) is 5.86. The highest BCUT2D eigenvalue weighted by atomic mass is 35.5. The van der Waals surface area contributed by atoms with E-state index in [1.807, 2.05) is 0 Å². The Hall–Kier alpha value is 0.180. The Bertz CT molecular complexity index is 84.9. The molecular formula is C3H2Cl2F2. The Morgan fingerprint density at radius 3 is 1.86 bits per heavy atom. The van der Waals surface area contributed by atoms with Crippen molar-refractivity contribution in [3.63, 3.8) is 0 Å². The maximum absolute atomic E-state index is 11.5. The predicted molar refractivity (Wildman–Crippen MR) is 25.8 cm³/mol. The molecule has 0 heterocycles. The fourth-order valence-electron chi connectivity index (χ4n) is 0.0505. The second-order valence-electron chi connectivity index (χ2n) is 0.799. The number of hydrogen-bond acceptors (Lipinski definition) is 0. The first-order chi connectivity index (χ1) is 3.18. The van der Waals surface area contributed by atoms with Crippen molar-refractivity contribution >= 4 is 23.2 Å². The van der Waals surface area contributed by atoms with E-state index in [9.17, 15) is 8.78 Å². The van der Waals surface area contributed by atoms with Gasteiger partial charge < -0.3 is 0 Å². The fourth-order valence-corrected chi connectivity index (χ4v) is 0.303. The summed E-state index contributed by atoms with van der Waals surface area (Å²) in [5.74, 6) is -1.63. The molecule has 0 N–H and O–H groups in total. The molecule has 0 atom stereocenters. The summed E-state index contributed by atoms with van der Waals surface area (Å²) in [6.07, 6.45) is 0.